The van der Waals surface area contributed by atoms with Crippen molar-refractivity contribution in [2.24, 2.45) is 5.41 Å². The van der Waals surface area contributed by atoms with E-state index in [4.69, 9.17) is 14.6 Å². The normalized spacial score (nSPS) is 13.3. The molecule has 0 heterocycles. The van der Waals surface area contributed by atoms with Crippen LogP contribution in [-0.4, -0.2) is 42.0 Å². The van der Waals surface area contributed by atoms with Gasteiger partial charge in [-0.05, 0) is 39.0 Å². The molecule has 0 bridgehead atoms. The minimum absolute atomic E-state index is 0.117. The number of hydrogen-bond acceptors (Lipinski definition) is 4. The molecule has 0 aliphatic heterocycles. The molecule has 0 unspecified atom stereocenters. The van der Waals surface area contributed by atoms with Crippen molar-refractivity contribution < 1.29 is 24.2 Å². The van der Waals surface area contributed by atoms with Gasteiger partial charge in [0.25, 0.3) is 0 Å². The molecule has 128 valence electrons. The fraction of sp³-hybridized carbons (Fsp3) is 0.750. The quantitative estimate of drug-likeness (QED) is 0.639. The van der Waals surface area contributed by atoms with Gasteiger partial charge in [0, 0.05) is 0 Å². The lowest BCUT2D eigenvalue weighted by Crippen LogP contribution is -2.46. The van der Waals surface area contributed by atoms with Crippen LogP contribution in [0.4, 0.5) is 4.79 Å². The van der Waals surface area contributed by atoms with Crippen molar-refractivity contribution in [2.75, 3.05) is 13.2 Å². The summed E-state index contributed by atoms with van der Waals surface area (Å²) in [5, 5.41) is 11.4. The topological polar surface area (TPSA) is 84.9 Å². The largest absolute Gasteiger partial charge is 0.480 e. The van der Waals surface area contributed by atoms with E-state index in [-0.39, 0.29) is 18.6 Å². The van der Waals surface area contributed by atoms with Crippen molar-refractivity contribution in [2.45, 2.75) is 59.1 Å². The Bertz CT molecular complexity index is 384. The number of nitrogens with one attached hydrogen (secondary N) is 1. The molecule has 0 saturated heterocycles. The van der Waals surface area contributed by atoms with E-state index in [1.807, 2.05) is 40.7 Å². The van der Waals surface area contributed by atoms with E-state index < -0.39 is 23.7 Å². The van der Waals surface area contributed by atoms with Crippen LogP contribution in [0.1, 0.15) is 47.5 Å². The molecule has 22 heavy (non-hydrogen) atoms. The second-order valence-corrected chi connectivity index (χ2v) is 7.03. The highest BCUT2D eigenvalue weighted by atomic mass is 16.6. The first-order valence-electron chi connectivity index (χ1n) is 7.38. The van der Waals surface area contributed by atoms with Crippen molar-refractivity contribution in [1.82, 2.24) is 5.32 Å². The summed E-state index contributed by atoms with van der Waals surface area (Å²) in [6.45, 7) is 13.1. The third kappa shape index (κ3) is 10.2. The Balaban J connectivity index is 4.35. The Morgan fingerprint density at radius 3 is 2.32 bits per heavy atom. The number of alkyl carbamates (subject to hydrolysis) is 1. The number of carbonyl (C=O) groups is 2. The van der Waals surface area contributed by atoms with Crippen molar-refractivity contribution >= 4 is 12.1 Å². The fourth-order valence-electron chi connectivity index (χ4n) is 1.52. The molecule has 0 aromatic heterocycles. The number of carbonyl (C=O) groups excluding carboxylic acids is 1. The van der Waals surface area contributed by atoms with Gasteiger partial charge in [-0.25, -0.2) is 9.59 Å². The van der Waals surface area contributed by atoms with Crippen molar-refractivity contribution in [3.63, 3.8) is 0 Å². The Kier molecular flexibility index (Phi) is 8.16. The van der Waals surface area contributed by atoms with Gasteiger partial charge in [-0.15, -0.1) is 6.58 Å². The van der Waals surface area contributed by atoms with Crippen LogP contribution in [0.15, 0.2) is 12.7 Å². The second-order valence-electron chi connectivity index (χ2n) is 7.03. The first kappa shape index (κ1) is 20.4. The molecule has 0 aliphatic carbocycles. The highest BCUT2D eigenvalue weighted by Crippen LogP contribution is 2.22. The lowest BCUT2D eigenvalue weighted by atomic mass is 9.89. The van der Waals surface area contributed by atoms with E-state index in [1.165, 1.54) is 0 Å². The number of allylic oxidation sites excluding steroid dienone is 1. The molecule has 0 saturated carbocycles. The Labute approximate surface area is 132 Å². The number of rotatable bonds is 9. The first-order chi connectivity index (χ1) is 9.97. The average molecular weight is 315 g/mol. The third-order valence-corrected chi connectivity index (χ3v) is 2.89. The first-order valence-corrected chi connectivity index (χ1v) is 7.38. The average Bonchev–Trinajstić information content (AvgIpc) is 2.37. The third-order valence-electron chi connectivity index (χ3n) is 2.89. The molecule has 0 aliphatic rings. The SMILES string of the molecule is C=CCCC(C)(C)COC(=O)N[C@@H](COC(C)(C)C)C(=O)O. The van der Waals surface area contributed by atoms with Gasteiger partial charge in [0.2, 0.25) is 0 Å². The van der Waals surface area contributed by atoms with Crippen LogP contribution in [0.5, 0.6) is 0 Å². The van der Waals surface area contributed by atoms with Gasteiger partial charge in [-0.1, -0.05) is 19.9 Å². The molecular formula is C16H29NO5. The lowest BCUT2D eigenvalue weighted by Gasteiger charge is -2.25. The van der Waals surface area contributed by atoms with Gasteiger partial charge >= 0.3 is 12.1 Å². The van der Waals surface area contributed by atoms with E-state index >= 15 is 0 Å². The highest BCUT2D eigenvalue weighted by molar-refractivity contribution is 5.80. The number of ether oxygens (including phenoxy) is 2. The monoisotopic (exact) mass is 315 g/mol. The van der Waals surface area contributed by atoms with Gasteiger partial charge in [0.05, 0.1) is 18.8 Å². The number of carboxylic acid groups (broad SMARTS) is 1. The zero-order valence-corrected chi connectivity index (χ0v) is 14.3. The van der Waals surface area contributed by atoms with E-state index in [0.717, 1.165) is 12.8 Å². The van der Waals surface area contributed by atoms with Gasteiger partial charge in [0.15, 0.2) is 6.04 Å². The van der Waals surface area contributed by atoms with Crippen LogP contribution < -0.4 is 5.32 Å². The van der Waals surface area contributed by atoms with Crippen LogP contribution in [0.25, 0.3) is 0 Å². The summed E-state index contributed by atoms with van der Waals surface area (Å²) in [7, 11) is 0. The molecule has 0 rings (SSSR count). The summed E-state index contributed by atoms with van der Waals surface area (Å²) in [6.07, 6.45) is 2.72. The predicted octanol–water partition coefficient (Wildman–Crippen LogP) is 2.97. The molecule has 0 aromatic carbocycles. The molecule has 0 fully saturated rings. The number of hydrogen-bond donors (Lipinski definition) is 2. The fourth-order valence-corrected chi connectivity index (χ4v) is 1.52. The number of amides is 1. The summed E-state index contributed by atoms with van der Waals surface area (Å²) in [4.78, 5) is 22.9. The summed E-state index contributed by atoms with van der Waals surface area (Å²) in [6, 6.07) is -1.14. The highest BCUT2D eigenvalue weighted by Gasteiger charge is 2.25. The maximum absolute atomic E-state index is 11.7. The van der Waals surface area contributed by atoms with Crippen LogP contribution in [0.3, 0.4) is 0 Å². The van der Waals surface area contributed by atoms with E-state index in [1.54, 1.807) is 0 Å². The van der Waals surface area contributed by atoms with E-state index in [0.29, 0.717) is 0 Å². The molecule has 1 amide bonds. The molecular weight excluding hydrogens is 286 g/mol. The molecule has 0 aromatic rings. The van der Waals surface area contributed by atoms with Crippen LogP contribution in [0, 0.1) is 5.41 Å². The van der Waals surface area contributed by atoms with Crippen LogP contribution >= 0.6 is 0 Å². The molecule has 0 radical (unpaired) electrons. The second kappa shape index (κ2) is 8.78. The molecule has 6 nitrogen and oxygen atoms in total. The number of aliphatic carboxylic acids is 1. The summed E-state index contributed by atoms with van der Waals surface area (Å²) < 4.78 is 10.5. The maximum Gasteiger partial charge on any atom is 0.407 e. The van der Waals surface area contributed by atoms with Gasteiger partial charge in [-0.2, -0.15) is 0 Å². The molecule has 6 heteroatoms. The Hall–Kier alpha value is -1.56. The van der Waals surface area contributed by atoms with Crippen molar-refractivity contribution in [1.29, 1.82) is 0 Å². The maximum atomic E-state index is 11.7. The summed E-state index contributed by atoms with van der Waals surface area (Å²) in [5.74, 6) is -1.16. The van der Waals surface area contributed by atoms with Crippen LogP contribution in [0.2, 0.25) is 0 Å². The number of carboxylic acids is 1. The van der Waals surface area contributed by atoms with E-state index in [9.17, 15) is 9.59 Å². The zero-order chi connectivity index (χ0) is 17.4. The molecule has 2 N–H and O–H groups in total. The summed E-state index contributed by atoms with van der Waals surface area (Å²) >= 11 is 0. The van der Waals surface area contributed by atoms with Gasteiger partial charge in [-0.3, -0.25) is 0 Å². The predicted molar refractivity (Wildman–Crippen MR) is 84.8 cm³/mol. The van der Waals surface area contributed by atoms with Gasteiger partial charge < -0.3 is 19.9 Å². The Morgan fingerprint density at radius 2 is 1.86 bits per heavy atom. The minimum Gasteiger partial charge on any atom is -0.480 e. The molecule has 1 atom stereocenters. The van der Waals surface area contributed by atoms with Gasteiger partial charge in [0.1, 0.15) is 0 Å². The summed E-state index contributed by atoms with van der Waals surface area (Å²) in [5.41, 5.74) is -0.669. The van der Waals surface area contributed by atoms with Crippen molar-refractivity contribution in [3.8, 4) is 0 Å². The van der Waals surface area contributed by atoms with Crippen LogP contribution in [-0.2, 0) is 14.3 Å². The van der Waals surface area contributed by atoms with E-state index in [2.05, 4.69) is 11.9 Å². The van der Waals surface area contributed by atoms with Crippen molar-refractivity contribution in [3.05, 3.63) is 12.7 Å². The minimum atomic E-state index is -1.16. The lowest BCUT2D eigenvalue weighted by molar-refractivity contribution is -0.142. The smallest absolute Gasteiger partial charge is 0.407 e. The molecule has 0 spiro atoms. The standard InChI is InChI=1S/C16H29NO5/c1-7-8-9-16(5,6)11-21-14(20)17-12(13(18)19)10-22-15(2,3)4/h7,12H,1,8-11H2,2-6H3,(H,17,20)(H,18,19)/t12-/m0/s1. The zero-order valence-electron chi connectivity index (χ0n) is 14.3. The Morgan fingerprint density at radius 1 is 1.27 bits per heavy atom.